The van der Waals surface area contributed by atoms with Crippen molar-refractivity contribution in [1.29, 1.82) is 0 Å². The Morgan fingerprint density at radius 1 is 1.14 bits per heavy atom. The standard InChI is InChI=1S/C25H34N2O/c1-18(27(5)17-19-13-15-21(16-14-19)25(2,3)4)24(28)26-23-12-8-10-20-9-6-7-11-22(20)23/h6-7,9,11,13-16,18,23H,8,10,12,17H2,1-5H3,(H,26,28)/t18-,23-/m1/s1. The molecule has 0 bridgehead atoms. The normalized spacial score (nSPS) is 17.9. The molecular formula is C25H34N2O. The van der Waals surface area contributed by atoms with Crippen molar-refractivity contribution in [3.63, 3.8) is 0 Å². The van der Waals surface area contributed by atoms with E-state index in [0.717, 1.165) is 25.8 Å². The number of amides is 1. The van der Waals surface area contributed by atoms with Crippen LogP contribution in [0.15, 0.2) is 48.5 Å². The average Bonchev–Trinajstić information content (AvgIpc) is 2.67. The molecule has 3 rings (SSSR count). The number of rotatable bonds is 5. The van der Waals surface area contributed by atoms with Gasteiger partial charge in [-0.3, -0.25) is 9.69 Å². The van der Waals surface area contributed by atoms with Crippen LogP contribution in [0, 0.1) is 0 Å². The van der Waals surface area contributed by atoms with E-state index in [-0.39, 0.29) is 23.4 Å². The molecule has 3 nitrogen and oxygen atoms in total. The van der Waals surface area contributed by atoms with Gasteiger partial charge in [0.2, 0.25) is 5.91 Å². The molecule has 1 amide bonds. The first-order chi connectivity index (χ1) is 13.3. The van der Waals surface area contributed by atoms with E-state index in [2.05, 4.69) is 79.5 Å². The van der Waals surface area contributed by atoms with Crippen LogP contribution < -0.4 is 5.32 Å². The van der Waals surface area contributed by atoms with Crippen LogP contribution in [0.1, 0.15) is 68.8 Å². The number of carbonyl (C=O) groups is 1. The fourth-order valence-electron chi connectivity index (χ4n) is 3.93. The van der Waals surface area contributed by atoms with Gasteiger partial charge in [0.15, 0.2) is 0 Å². The van der Waals surface area contributed by atoms with Gasteiger partial charge in [-0.15, -0.1) is 0 Å². The lowest BCUT2D eigenvalue weighted by molar-refractivity contribution is -0.126. The summed E-state index contributed by atoms with van der Waals surface area (Å²) >= 11 is 0. The van der Waals surface area contributed by atoms with E-state index in [1.54, 1.807) is 0 Å². The Labute approximate surface area is 170 Å². The summed E-state index contributed by atoms with van der Waals surface area (Å²) in [5, 5.41) is 3.29. The molecule has 1 aliphatic carbocycles. The lowest BCUT2D eigenvalue weighted by atomic mass is 9.86. The van der Waals surface area contributed by atoms with E-state index in [0.29, 0.717) is 0 Å². The van der Waals surface area contributed by atoms with Crippen LogP contribution >= 0.6 is 0 Å². The number of benzene rings is 2. The molecule has 2 aromatic rings. The maximum atomic E-state index is 12.9. The molecular weight excluding hydrogens is 344 g/mol. The summed E-state index contributed by atoms with van der Waals surface area (Å²) in [6.45, 7) is 9.44. The van der Waals surface area contributed by atoms with E-state index < -0.39 is 0 Å². The SMILES string of the molecule is C[C@H](C(=O)N[C@@H]1CCCc2ccccc21)N(C)Cc1ccc(C(C)(C)C)cc1. The van der Waals surface area contributed by atoms with Crippen molar-refractivity contribution in [3.05, 3.63) is 70.8 Å². The predicted octanol–water partition coefficient (Wildman–Crippen LogP) is 5.00. The molecule has 1 aliphatic rings. The van der Waals surface area contributed by atoms with Gasteiger partial charge in [-0.05, 0) is 60.9 Å². The molecule has 0 unspecified atom stereocenters. The molecule has 0 spiro atoms. The molecule has 0 aliphatic heterocycles. The molecule has 3 heteroatoms. The van der Waals surface area contributed by atoms with Gasteiger partial charge in [-0.2, -0.15) is 0 Å². The highest BCUT2D eigenvalue weighted by Crippen LogP contribution is 2.29. The first kappa shape index (κ1) is 20.6. The summed E-state index contributed by atoms with van der Waals surface area (Å²) in [4.78, 5) is 15.0. The maximum absolute atomic E-state index is 12.9. The third-order valence-electron chi connectivity index (χ3n) is 5.98. The van der Waals surface area contributed by atoms with Crippen LogP contribution in [0.3, 0.4) is 0 Å². The van der Waals surface area contributed by atoms with Crippen molar-refractivity contribution in [1.82, 2.24) is 10.2 Å². The first-order valence-electron chi connectivity index (χ1n) is 10.4. The fourth-order valence-corrected chi connectivity index (χ4v) is 3.93. The van der Waals surface area contributed by atoms with E-state index in [1.807, 2.05) is 14.0 Å². The summed E-state index contributed by atoms with van der Waals surface area (Å²) in [7, 11) is 2.02. The van der Waals surface area contributed by atoms with Crippen LogP contribution in [0.25, 0.3) is 0 Å². The summed E-state index contributed by atoms with van der Waals surface area (Å²) < 4.78 is 0. The third kappa shape index (κ3) is 4.82. The molecule has 0 aromatic heterocycles. The molecule has 0 saturated carbocycles. The third-order valence-corrected chi connectivity index (χ3v) is 5.98. The van der Waals surface area contributed by atoms with E-state index >= 15 is 0 Å². The van der Waals surface area contributed by atoms with Crippen molar-refractivity contribution in [2.45, 2.75) is 71.0 Å². The van der Waals surface area contributed by atoms with E-state index in [4.69, 9.17) is 0 Å². The lowest BCUT2D eigenvalue weighted by Gasteiger charge is -2.30. The number of aryl methyl sites for hydroxylation is 1. The van der Waals surface area contributed by atoms with Crippen molar-refractivity contribution >= 4 is 5.91 Å². The van der Waals surface area contributed by atoms with Gasteiger partial charge in [0.1, 0.15) is 0 Å². The molecule has 0 fully saturated rings. The zero-order chi connectivity index (χ0) is 20.3. The highest BCUT2D eigenvalue weighted by atomic mass is 16.2. The van der Waals surface area contributed by atoms with Gasteiger partial charge in [-0.1, -0.05) is 69.3 Å². The smallest absolute Gasteiger partial charge is 0.237 e. The number of likely N-dealkylation sites (N-methyl/N-ethyl adjacent to an activating group) is 1. The highest BCUT2D eigenvalue weighted by molar-refractivity contribution is 5.81. The largest absolute Gasteiger partial charge is 0.348 e. The molecule has 150 valence electrons. The quantitative estimate of drug-likeness (QED) is 0.794. The van der Waals surface area contributed by atoms with Gasteiger partial charge in [-0.25, -0.2) is 0 Å². The van der Waals surface area contributed by atoms with Gasteiger partial charge >= 0.3 is 0 Å². The summed E-state index contributed by atoms with van der Waals surface area (Å²) in [6.07, 6.45) is 3.27. The van der Waals surface area contributed by atoms with Crippen molar-refractivity contribution in [2.75, 3.05) is 7.05 Å². The van der Waals surface area contributed by atoms with Crippen LogP contribution in [-0.4, -0.2) is 23.9 Å². The number of hydrogen-bond acceptors (Lipinski definition) is 2. The summed E-state index contributed by atoms with van der Waals surface area (Å²) in [6, 6.07) is 17.2. The molecule has 0 saturated heterocycles. The highest BCUT2D eigenvalue weighted by Gasteiger charge is 2.25. The minimum absolute atomic E-state index is 0.107. The molecule has 0 heterocycles. The van der Waals surface area contributed by atoms with Gasteiger partial charge < -0.3 is 5.32 Å². The van der Waals surface area contributed by atoms with Crippen LogP contribution in [0.5, 0.6) is 0 Å². The second-order valence-corrected chi connectivity index (χ2v) is 9.19. The Kier molecular flexibility index (Phi) is 6.24. The van der Waals surface area contributed by atoms with E-state index in [1.165, 1.54) is 22.3 Å². The number of fused-ring (bicyclic) bond motifs is 1. The van der Waals surface area contributed by atoms with Crippen LogP contribution in [-0.2, 0) is 23.2 Å². The number of nitrogens with zero attached hydrogens (tertiary/aromatic N) is 1. The van der Waals surface area contributed by atoms with Gasteiger partial charge in [0, 0.05) is 6.54 Å². The minimum Gasteiger partial charge on any atom is -0.348 e. The number of carbonyl (C=O) groups excluding carboxylic acids is 1. The molecule has 28 heavy (non-hydrogen) atoms. The molecule has 0 radical (unpaired) electrons. The molecule has 2 atom stereocenters. The van der Waals surface area contributed by atoms with Crippen LogP contribution in [0.4, 0.5) is 0 Å². The summed E-state index contributed by atoms with van der Waals surface area (Å²) in [5.74, 6) is 0.107. The summed E-state index contributed by atoms with van der Waals surface area (Å²) in [5.41, 5.74) is 5.39. The Bertz CT molecular complexity index is 804. The number of nitrogens with one attached hydrogen (secondary N) is 1. The average molecular weight is 379 g/mol. The monoisotopic (exact) mass is 378 g/mol. The Balaban J connectivity index is 1.60. The second-order valence-electron chi connectivity index (χ2n) is 9.19. The Hall–Kier alpha value is -2.13. The maximum Gasteiger partial charge on any atom is 0.237 e. The predicted molar refractivity (Wildman–Crippen MR) is 116 cm³/mol. The second kappa shape index (κ2) is 8.48. The zero-order valence-corrected chi connectivity index (χ0v) is 18.0. The van der Waals surface area contributed by atoms with E-state index in [9.17, 15) is 4.79 Å². The topological polar surface area (TPSA) is 32.3 Å². The molecule has 1 N–H and O–H groups in total. The minimum atomic E-state index is -0.170. The van der Waals surface area contributed by atoms with Crippen molar-refractivity contribution in [2.24, 2.45) is 0 Å². The lowest BCUT2D eigenvalue weighted by Crippen LogP contribution is -2.44. The van der Waals surface area contributed by atoms with Gasteiger partial charge in [0.05, 0.1) is 12.1 Å². The number of hydrogen-bond donors (Lipinski definition) is 1. The Morgan fingerprint density at radius 2 is 1.82 bits per heavy atom. The Morgan fingerprint density at radius 3 is 2.50 bits per heavy atom. The first-order valence-corrected chi connectivity index (χ1v) is 10.4. The fraction of sp³-hybridized carbons (Fsp3) is 0.480. The molecule has 2 aromatic carbocycles. The van der Waals surface area contributed by atoms with Crippen molar-refractivity contribution in [3.8, 4) is 0 Å². The van der Waals surface area contributed by atoms with Crippen LogP contribution in [0.2, 0.25) is 0 Å². The van der Waals surface area contributed by atoms with Crippen molar-refractivity contribution < 1.29 is 4.79 Å². The zero-order valence-electron chi connectivity index (χ0n) is 18.0. The van der Waals surface area contributed by atoms with Gasteiger partial charge in [0.25, 0.3) is 0 Å².